The van der Waals surface area contributed by atoms with Gasteiger partial charge in [-0.25, -0.2) is 4.57 Å². The van der Waals surface area contributed by atoms with Gasteiger partial charge in [-0.1, -0.05) is 60.7 Å². The van der Waals surface area contributed by atoms with Crippen molar-refractivity contribution < 1.29 is 27.9 Å². The Morgan fingerprint density at radius 1 is 1.03 bits per heavy atom. The smallest absolute Gasteiger partial charge is 0.434 e. The maximum atomic E-state index is 13.2. The molecule has 30 heavy (non-hydrogen) atoms. The number of nitriles is 1. The van der Waals surface area contributed by atoms with E-state index in [4.69, 9.17) is 13.8 Å². The highest BCUT2D eigenvalue weighted by atomic mass is 31.2. The number of nitrogens with one attached hydrogen (secondary N) is 1. The molecule has 8 nitrogen and oxygen atoms in total. The second-order valence-corrected chi connectivity index (χ2v) is 8.12. The van der Waals surface area contributed by atoms with E-state index in [0.29, 0.717) is 11.1 Å². The van der Waals surface area contributed by atoms with E-state index in [1.54, 1.807) is 67.6 Å². The number of hydrogen-bond donors (Lipinski definition) is 1. The lowest BCUT2D eigenvalue weighted by Gasteiger charge is -2.34. The number of hydrogen-bond acceptors (Lipinski definition) is 7. The molecule has 0 heterocycles. The van der Waals surface area contributed by atoms with Gasteiger partial charge < -0.3 is 4.74 Å². The van der Waals surface area contributed by atoms with Crippen molar-refractivity contribution in [1.29, 1.82) is 5.26 Å². The quantitative estimate of drug-likeness (QED) is 0.369. The van der Waals surface area contributed by atoms with Crippen molar-refractivity contribution in [2.24, 2.45) is 5.92 Å². The fourth-order valence-corrected chi connectivity index (χ4v) is 3.90. The molecule has 0 aliphatic heterocycles. The molecule has 9 heteroatoms. The molecule has 1 unspecified atom stereocenters. The van der Waals surface area contributed by atoms with Gasteiger partial charge in [0.15, 0.2) is 5.92 Å². The molecule has 1 N–H and O–H groups in total. The predicted octanol–water partition coefficient (Wildman–Crippen LogP) is 3.19. The summed E-state index contributed by atoms with van der Waals surface area (Å²) in [5.74, 6) is -3.65. The van der Waals surface area contributed by atoms with Gasteiger partial charge in [0.2, 0.25) is 5.91 Å². The van der Waals surface area contributed by atoms with E-state index < -0.39 is 31.0 Å². The van der Waals surface area contributed by atoms with Crippen LogP contribution in [-0.4, -0.2) is 32.7 Å². The minimum atomic E-state index is -4.03. The van der Waals surface area contributed by atoms with Gasteiger partial charge in [-0.15, -0.1) is 0 Å². The maximum Gasteiger partial charge on any atom is 0.434 e. The monoisotopic (exact) mass is 430 g/mol. The van der Waals surface area contributed by atoms with Crippen molar-refractivity contribution in [2.75, 3.05) is 20.8 Å². The summed E-state index contributed by atoms with van der Waals surface area (Å²) in [5, 5.41) is 12.5. The molecule has 2 rings (SSSR count). The second-order valence-electron chi connectivity index (χ2n) is 6.18. The van der Waals surface area contributed by atoms with E-state index in [2.05, 4.69) is 11.2 Å². The van der Waals surface area contributed by atoms with E-state index in [-0.39, 0.29) is 6.61 Å². The Balaban J connectivity index is 2.77. The maximum absolute atomic E-state index is 13.2. The first-order valence-electron chi connectivity index (χ1n) is 9.11. The molecule has 1 atom stereocenters. The standard InChI is InChI=1S/C21H23N2O6P/c1-4-29-20(25)18(19(24)23-30(26,27-2)28-3)21(15-22,16-11-7-5-8-12-16)17-13-9-6-10-14-17/h5-14,18H,4H2,1-3H3,(H,23,24,26). The third-order valence-electron chi connectivity index (χ3n) is 4.58. The Kier molecular flexibility index (Phi) is 7.90. The van der Waals surface area contributed by atoms with Crippen LogP contribution in [0.3, 0.4) is 0 Å². The average molecular weight is 430 g/mol. The van der Waals surface area contributed by atoms with Crippen LogP contribution in [0.2, 0.25) is 0 Å². The zero-order valence-corrected chi connectivity index (χ0v) is 17.8. The molecule has 0 aliphatic carbocycles. The van der Waals surface area contributed by atoms with Gasteiger partial charge in [-0.2, -0.15) is 5.26 Å². The SMILES string of the molecule is CCOC(=O)C(C(=O)NP(=O)(OC)OC)C(C#N)(c1ccccc1)c1ccccc1. The number of amides is 1. The Morgan fingerprint density at radius 2 is 1.50 bits per heavy atom. The van der Waals surface area contributed by atoms with Crippen molar-refractivity contribution in [3.8, 4) is 6.07 Å². The summed E-state index contributed by atoms with van der Waals surface area (Å²) in [7, 11) is -1.84. The first-order valence-corrected chi connectivity index (χ1v) is 10.6. The summed E-state index contributed by atoms with van der Waals surface area (Å²) in [6.07, 6.45) is 0. The van der Waals surface area contributed by atoms with Crippen LogP contribution in [0.5, 0.6) is 0 Å². The number of carbonyl (C=O) groups is 2. The lowest BCUT2D eigenvalue weighted by molar-refractivity contribution is -0.153. The second kappa shape index (κ2) is 10.2. The molecule has 0 bridgehead atoms. The molecular weight excluding hydrogens is 407 g/mol. The van der Waals surface area contributed by atoms with Crippen LogP contribution in [0.15, 0.2) is 60.7 Å². The van der Waals surface area contributed by atoms with Crippen LogP contribution >= 0.6 is 7.75 Å². The van der Waals surface area contributed by atoms with Gasteiger partial charge in [-0.3, -0.25) is 23.7 Å². The van der Waals surface area contributed by atoms with Gasteiger partial charge in [0, 0.05) is 14.2 Å². The number of ether oxygens (including phenoxy) is 1. The van der Waals surface area contributed by atoms with Crippen LogP contribution in [0, 0.1) is 17.2 Å². The minimum absolute atomic E-state index is 0.0140. The highest BCUT2D eigenvalue weighted by molar-refractivity contribution is 7.52. The summed E-state index contributed by atoms with van der Waals surface area (Å²) in [4.78, 5) is 26.2. The predicted molar refractivity (Wildman–Crippen MR) is 109 cm³/mol. The molecule has 0 spiro atoms. The van der Waals surface area contributed by atoms with E-state index >= 15 is 0 Å². The van der Waals surface area contributed by atoms with Crippen molar-refractivity contribution in [3.63, 3.8) is 0 Å². The first kappa shape index (κ1) is 23.3. The molecule has 0 saturated heterocycles. The van der Waals surface area contributed by atoms with Gasteiger partial charge >= 0.3 is 13.7 Å². The lowest BCUT2D eigenvalue weighted by atomic mass is 9.66. The van der Waals surface area contributed by atoms with E-state index in [1.807, 2.05) is 0 Å². The molecule has 0 aliphatic rings. The van der Waals surface area contributed by atoms with Crippen LogP contribution < -0.4 is 5.09 Å². The first-order chi connectivity index (χ1) is 14.4. The Bertz CT molecular complexity index is 911. The summed E-state index contributed by atoms with van der Waals surface area (Å²) < 4.78 is 27.2. The minimum Gasteiger partial charge on any atom is -0.465 e. The zero-order chi connectivity index (χ0) is 22.2. The largest absolute Gasteiger partial charge is 0.465 e. The van der Waals surface area contributed by atoms with E-state index in [9.17, 15) is 19.4 Å². The molecule has 158 valence electrons. The topological polar surface area (TPSA) is 115 Å². The van der Waals surface area contributed by atoms with E-state index in [0.717, 1.165) is 14.2 Å². The fourth-order valence-electron chi connectivity index (χ4n) is 3.17. The molecule has 2 aromatic carbocycles. The van der Waals surface area contributed by atoms with Crippen LogP contribution in [0.25, 0.3) is 0 Å². The summed E-state index contributed by atoms with van der Waals surface area (Å²) in [5.41, 5.74) is -0.960. The van der Waals surface area contributed by atoms with Gasteiger partial charge in [0.25, 0.3) is 0 Å². The third-order valence-corrected chi connectivity index (χ3v) is 6.04. The number of benzene rings is 2. The average Bonchev–Trinajstić information content (AvgIpc) is 2.78. The van der Waals surface area contributed by atoms with Gasteiger partial charge in [0.1, 0.15) is 5.41 Å². The number of rotatable bonds is 9. The Hall–Kier alpha value is -2.98. The van der Waals surface area contributed by atoms with Gasteiger partial charge in [0.05, 0.1) is 12.7 Å². The van der Waals surface area contributed by atoms with Gasteiger partial charge in [-0.05, 0) is 18.1 Å². The van der Waals surface area contributed by atoms with Crippen LogP contribution in [0.4, 0.5) is 0 Å². The van der Waals surface area contributed by atoms with E-state index in [1.165, 1.54) is 0 Å². The molecule has 0 saturated carbocycles. The van der Waals surface area contributed by atoms with Crippen molar-refractivity contribution in [1.82, 2.24) is 5.09 Å². The molecule has 2 aromatic rings. The van der Waals surface area contributed by atoms with Crippen molar-refractivity contribution in [2.45, 2.75) is 12.3 Å². The van der Waals surface area contributed by atoms with Crippen LogP contribution in [-0.2, 0) is 33.4 Å². The highest BCUT2D eigenvalue weighted by Gasteiger charge is 2.53. The summed E-state index contributed by atoms with van der Waals surface area (Å²) in [6.45, 7) is 1.57. The molecule has 0 aromatic heterocycles. The molecule has 1 amide bonds. The van der Waals surface area contributed by atoms with Crippen molar-refractivity contribution in [3.05, 3.63) is 71.8 Å². The Labute approximate surface area is 175 Å². The third kappa shape index (κ3) is 4.60. The normalized spacial score (nSPS) is 12.5. The molecule has 0 fully saturated rings. The number of carbonyl (C=O) groups excluding carboxylic acids is 2. The molecular formula is C21H23N2O6P. The van der Waals surface area contributed by atoms with Crippen LogP contribution in [0.1, 0.15) is 18.1 Å². The number of nitrogens with zero attached hydrogens (tertiary/aromatic N) is 1. The molecule has 0 radical (unpaired) electrons. The highest BCUT2D eigenvalue weighted by Crippen LogP contribution is 2.45. The summed E-state index contributed by atoms with van der Waals surface area (Å²) >= 11 is 0. The zero-order valence-electron chi connectivity index (χ0n) is 16.9. The lowest BCUT2D eigenvalue weighted by Crippen LogP contribution is -2.49. The number of esters is 1. The van der Waals surface area contributed by atoms with Crippen molar-refractivity contribution >= 4 is 19.6 Å². The Morgan fingerprint density at radius 3 is 1.87 bits per heavy atom. The fraction of sp³-hybridized carbons (Fsp3) is 0.286. The summed E-state index contributed by atoms with van der Waals surface area (Å²) in [6, 6.07) is 19.0.